The lowest BCUT2D eigenvalue weighted by atomic mass is 10.0. The van der Waals surface area contributed by atoms with Crippen LogP contribution in [0, 0.1) is 0 Å². The fourth-order valence-electron chi connectivity index (χ4n) is 8.37. The molecule has 56 heavy (non-hydrogen) atoms. The number of benzene rings is 8. The summed E-state index contributed by atoms with van der Waals surface area (Å²) in [7, 11) is 0. The minimum atomic E-state index is 0.669. The summed E-state index contributed by atoms with van der Waals surface area (Å²) in [5.41, 5.74) is 13.0. The first-order valence-electron chi connectivity index (χ1n) is 19.0. The maximum atomic E-state index is 5.49. The van der Waals surface area contributed by atoms with Crippen molar-refractivity contribution in [3.05, 3.63) is 206 Å². The van der Waals surface area contributed by atoms with Crippen LogP contribution in [0.2, 0.25) is 0 Å². The van der Waals surface area contributed by atoms with Crippen LogP contribution in [0.1, 0.15) is 0 Å². The lowest BCUT2D eigenvalue weighted by molar-refractivity contribution is 1.05. The average Bonchev–Trinajstić information content (AvgIpc) is 3.80. The summed E-state index contributed by atoms with van der Waals surface area (Å²) in [5, 5.41) is 4.76. The number of para-hydroxylation sites is 3. The van der Waals surface area contributed by atoms with Gasteiger partial charge in [0.1, 0.15) is 5.82 Å². The molecule has 0 N–H and O–H groups in total. The summed E-state index contributed by atoms with van der Waals surface area (Å²) >= 11 is 0. The van der Waals surface area contributed by atoms with Crippen LogP contribution >= 0.6 is 0 Å². The van der Waals surface area contributed by atoms with Crippen LogP contribution in [0.5, 0.6) is 0 Å². The molecular weight excluding hydrogens is 681 g/mol. The Balaban J connectivity index is 1.24. The Hall–Kier alpha value is -7.56. The van der Waals surface area contributed by atoms with Crippen molar-refractivity contribution in [1.82, 2.24) is 19.1 Å². The molecule has 0 fully saturated rings. The molecule has 0 bridgehead atoms. The van der Waals surface area contributed by atoms with Crippen molar-refractivity contribution in [1.29, 1.82) is 0 Å². The van der Waals surface area contributed by atoms with Gasteiger partial charge < -0.3 is 4.57 Å². The zero-order chi connectivity index (χ0) is 37.0. The maximum absolute atomic E-state index is 5.49. The number of nitrogens with zero attached hydrogens (tertiary/aromatic N) is 4. The third kappa shape index (κ3) is 5.23. The minimum absolute atomic E-state index is 0.669. The van der Waals surface area contributed by atoms with E-state index in [1.54, 1.807) is 0 Å². The second-order valence-corrected chi connectivity index (χ2v) is 14.2. The van der Waals surface area contributed by atoms with Crippen molar-refractivity contribution in [2.24, 2.45) is 0 Å². The van der Waals surface area contributed by atoms with Crippen molar-refractivity contribution in [2.45, 2.75) is 0 Å². The SMILES string of the molecule is c1ccc(-c2cccc(-c3cc(-n4c5ccccc5c5ccc6c7ccccc7n(-c7ccccc7)c6c54)nc(-c4cccc(-c5ccccc5)c4)n3)c2)cc1. The van der Waals surface area contributed by atoms with Crippen LogP contribution in [-0.2, 0) is 0 Å². The van der Waals surface area contributed by atoms with E-state index >= 15 is 0 Å². The molecule has 0 aliphatic heterocycles. The minimum Gasteiger partial charge on any atom is -0.307 e. The number of rotatable bonds is 6. The van der Waals surface area contributed by atoms with E-state index in [1.165, 1.54) is 21.5 Å². The molecular formula is C52H34N4. The molecule has 0 saturated heterocycles. The highest BCUT2D eigenvalue weighted by Crippen LogP contribution is 2.42. The normalized spacial score (nSPS) is 11.6. The van der Waals surface area contributed by atoms with E-state index in [2.05, 4.69) is 215 Å². The van der Waals surface area contributed by atoms with Crippen molar-refractivity contribution in [2.75, 3.05) is 0 Å². The Morgan fingerprint density at radius 2 is 0.768 bits per heavy atom. The molecule has 3 heterocycles. The second-order valence-electron chi connectivity index (χ2n) is 14.2. The Morgan fingerprint density at radius 1 is 0.304 bits per heavy atom. The topological polar surface area (TPSA) is 35.6 Å². The van der Waals surface area contributed by atoms with E-state index in [-0.39, 0.29) is 0 Å². The van der Waals surface area contributed by atoms with Gasteiger partial charge in [-0.3, -0.25) is 4.57 Å². The summed E-state index contributed by atoms with van der Waals surface area (Å²) in [6.07, 6.45) is 0. The van der Waals surface area contributed by atoms with Crippen molar-refractivity contribution in [3.63, 3.8) is 0 Å². The number of fused-ring (bicyclic) bond motifs is 7. The first-order valence-corrected chi connectivity index (χ1v) is 19.0. The van der Waals surface area contributed by atoms with E-state index in [1.807, 2.05) is 0 Å². The molecule has 3 aromatic heterocycles. The molecule has 0 atom stereocenters. The van der Waals surface area contributed by atoms with Crippen molar-refractivity contribution in [3.8, 4) is 56.4 Å². The van der Waals surface area contributed by atoms with Gasteiger partial charge in [0.2, 0.25) is 0 Å². The molecule has 0 aliphatic rings. The van der Waals surface area contributed by atoms with Gasteiger partial charge in [-0.2, -0.15) is 0 Å². The lowest BCUT2D eigenvalue weighted by Gasteiger charge is -2.15. The monoisotopic (exact) mass is 714 g/mol. The van der Waals surface area contributed by atoms with Gasteiger partial charge in [-0.25, -0.2) is 9.97 Å². The highest BCUT2D eigenvalue weighted by Gasteiger charge is 2.23. The maximum Gasteiger partial charge on any atom is 0.162 e. The fourth-order valence-corrected chi connectivity index (χ4v) is 8.37. The van der Waals surface area contributed by atoms with Gasteiger partial charge in [-0.05, 0) is 58.7 Å². The van der Waals surface area contributed by atoms with Crippen LogP contribution < -0.4 is 0 Å². The molecule has 11 rings (SSSR count). The van der Waals surface area contributed by atoms with Crippen LogP contribution in [0.15, 0.2) is 206 Å². The van der Waals surface area contributed by atoms with E-state index in [0.29, 0.717) is 5.82 Å². The molecule has 11 aromatic rings. The van der Waals surface area contributed by atoms with Crippen molar-refractivity contribution >= 4 is 43.6 Å². The van der Waals surface area contributed by atoms with Crippen LogP contribution in [0.25, 0.3) is 100 Å². The average molecular weight is 715 g/mol. The molecule has 0 unspecified atom stereocenters. The van der Waals surface area contributed by atoms with Gasteiger partial charge in [0, 0.05) is 44.4 Å². The quantitative estimate of drug-likeness (QED) is 0.172. The summed E-state index contributed by atoms with van der Waals surface area (Å²) < 4.78 is 4.78. The molecule has 0 amide bonds. The standard InChI is InChI=1S/C52H34N4/c1-4-16-35(17-5-1)37-20-14-22-39(32-37)46-34-49(54-52(53-46)40-23-15-21-38(33-40)36-18-6-2-7-19-36)56-48-29-13-11-27-43(48)45-31-30-44-42-26-10-12-28-47(42)55(50(44)51(45)56)41-24-8-3-9-25-41/h1-34H. The third-order valence-corrected chi connectivity index (χ3v) is 10.9. The van der Waals surface area contributed by atoms with E-state index in [0.717, 1.165) is 72.6 Å². The van der Waals surface area contributed by atoms with Gasteiger partial charge in [-0.15, -0.1) is 0 Å². The van der Waals surface area contributed by atoms with Crippen LogP contribution in [0.3, 0.4) is 0 Å². The Kier molecular flexibility index (Phi) is 7.46. The summed E-state index contributed by atoms with van der Waals surface area (Å²) in [6.45, 7) is 0. The molecule has 0 saturated carbocycles. The van der Waals surface area contributed by atoms with Crippen molar-refractivity contribution < 1.29 is 0 Å². The zero-order valence-electron chi connectivity index (χ0n) is 30.4. The van der Waals surface area contributed by atoms with E-state index in [4.69, 9.17) is 9.97 Å². The molecule has 262 valence electrons. The van der Waals surface area contributed by atoms with Gasteiger partial charge in [0.05, 0.1) is 27.8 Å². The number of hydrogen-bond donors (Lipinski definition) is 0. The van der Waals surface area contributed by atoms with Gasteiger partial charge in [-0.1, -0.05) is 164 Å². The molecule has 0 aliphatic carbocycles. The molecule has 0 radical (unpaired) electrons. The molecule has 4 heteroatoms. The Bertz CT molecular complexity index is 3130. The predicted molar refractivity (Wildman–Crippen MR) is 232 cm³/mol. The van der Waals surface area contributed by atoms with E-state index < -0.39 is 0 Å². The Morgan fingerprint density at radius 3 is 1.39 bits per heavy atom. The van der Waals surface area contributed by atoms with Crippen LogP contribution in [-0.4, -0.2) is 19.1 Å². The van der Waals surface area contributed by atoms with E-state index in [9.17, 15) is 0 Å². The highest BCUT2D eigenvalue weighted by molar-refractivity contribution is 6.23. The number of aromatic nitrogens is 4. The second kappa shape index (κ2) is 13.1. The highest BCUT2D eigenvalue weighted by atomic mass is 15.1. The summed E-state index contributed by atoms with van der Waals surface area (Å²) in [6, 6.07) is 73.1. The fraction of sp³-hybridized carbons (Fsp3) is 0. The molecule has 8 aromatic carbocycles. The summed E-state index contributed by atoms with van der Waals surface area (Å²) in [4.78, 5) is 10.8. The molecule has 0 spiro atoms. The summed E-state index contributed by atoms with van der Waals surface area (Å²) in [5.74, 6) is 1.48. The first kappa shape index (κ1) is 31.9. The van der Waals surface area contributed by atoms with Gasteiger partial charge in [0.25, 0.3) is 0 Å². The number of hydrogen-bond acceptors (Lipinski definition) is 2. The molecule has 4 nitrogen and oxygen atoms in total. The van der Waals surface area contributed by atoms with Crippen LogP contribution in [0.4, 0.5) is 0 Å². The largest absolute Gasteiger partial charge is 0.307 e. The lowest BCUT2D eigenvalue weighted by Crippen LogP contribution is -2.04. The smallest absolute Gasteiger partial charge is 0.162 e. The van der Waals surface area contributed by atoms with Gasteiger partial charge in [0.15, 0.2) is 5.82 Å². The first-order chi connectivity index (χ1) is 27.8. The predicted octanol–water partition coefficient (Wildman–Crippen LogP) is 13.3. The Labute approximate surface area is 324 Å². The zero-order valence-corrected chi connectivity index (χ0v) is 30.4. The third-order valence-electron chi connectivity index (χ3n) is 10.9. The van der Waals surface area contributed by atoms with Gasteiger partial charge >= 0.3 is 0 Å².